The second kappa shape index (κ2) is 13.2. The molecule has 238 valence electrons. The number of phenolic OH excluding ortho intramolecular Hbond substituents is 2. The first-order chi connectivity index (χ1) is 17.4. The molecule has 0 bridgehead atoms. The van der Waals surface area contributed by atoms with E-state index >= 15 is 0 Å². The van der Waals surface area contributed by atoms with Crippen LogP contribution in [0.3, 0.4) is 0 Å². The maximum atomic E-state index is 11.2. The van der Waals surface area contributed by atoms with Gasteiger partial charge in [0, 0.05) is 16.5 Å². The van der Waals surface area contributed by atoms with Gasteiger partial charge in [0.2, 0.25) is 0 Å². The van der Waals surface area contributed by atoms with Crippen LogP contribution in [-0.4, -0.2) is 29.8 Å². The van der Waals surface area contributed by atoms with E-state index in [4.69, 9.17) is 0 Å². The summed E-state index contributed by atoms with van der Waals surface area (Å²) < 4.78 is 22.5. The van der Waals surface area contributed by atoms with E-state index in [-0.39, 0.29) is 62.0 Å². The minimum Gasteiger partial charge on any atom is -0.507 e. The summed E-state index contributed by atoms with van der Waals surface area (Å²) in [6, 6.07) is 6.79. The molecule has 41 heavy (non-hydrogen) atoms. The van der Waals surface area contributed by atoms with Gasteiger partial charge in [-0.15, -0.1) is 0 Å². The first kappa shape index (κ1) is 39.8. The molecule has 0 aliphatic carbocycles. The summed E-state index contributed by atoms with van der Waals surface area (Å²) in [5.74, 6) is 0.443. The van der Waals surface area contributed by atoms with Gasteiger partial charge in [-0.25, -0.2) is 0 Å². The van der Waals surface area contributed by atoms with Crippen molar-refractivity contribution in [1.82, 2.24) is 0 Å². The van der Waals surface area contributed by atoms with E-state index in [2.05, 4.69) is 0 Å². The van der Waals surface area contributed by atoms with Crippen molar-refractivity contribution in [2.75, 3.05) is 0 Å². The van der Waals surface area contributed by atoms with Gasteiger partial charge in [-0.3, -0.25) is 9.13 Å². The Morgan fingerprint density at radius 1 is 0.488 bits per heavy atom. The van der Waals surface area contributed by atoms with Gasteiger partial charge in [-0.1, -0.05) is 107 Å². The van der Waals surface area contributed by atoms with E-state index in [0.717, 1.165) is 0 Å². The largest absolute Gasteiger partial charge is 0.507 e. The Kier molecular flexibility index (Phi) is 12.8. The number of rotatable bonds is 4. The van der Waals surface area contributed by atoms with Crippen LogP contribution in [0.1, 0.15) is 116 Å². The Hall–Kier alpha value is -1.17. The zero-order chi connectivity index (χ0) is 31.9. The SMILES string of the molecule is CC(C)(C)c1cc(CP(=O)(O)O)cc(C(C)(C)C)c1O.CC(C)(C)c1cc(CP(=O)(O)O)cc(C(C)(C)C)c1O.[Ni]. The third-order valence-electron chi connectivity index (χ3n) is 6.35. The van der Waals surface area contributed by atoms with Crippen LogP contribution in [0.15, 0.2) is 24.3 Å². The molecule has 2 aromatic rings. The van der Waals surface area contributed by atoms with Gasteiger partial charge in [0.15, 0.2) is 0 Å². The predicted molar refractivity (Wildman–Crippen MR) is 163 cm³/mol. The Labute approximate surface area is 256 Å². The van der Waals surface area contributed by atoms with Crippen LogP contribution in [0.4, 0.5) is 0 Å². The number of phenols is 2. The van der Waals surface area contributed by atoms with Crippen molar-refractivity contribution in [3.05, 3.63) is 57.6 Å². The van der Waals surface area contributed by atoms with Crippen molar-refractivity contribution in [3.63, 3.8) is 0 Å². The summed E-state index contributed by atoms with van der Waals surface area (Å²) in [4.78, 5) is 36.7. The first-order valence-corrected chi connectivity index (χ1v) is 16.9. The Balaban J connectivity index is 0.000000762. The van der Waals surface area contributed by atoms with Crippen LogP contribution in [0.25, 0.3) is 0 Å². The quantitative estimate of drug-likeness (QED) is 0.147. The summed E-state index contributed by atoms with van der Waals surface area (Å²) in [5, 5.41) is 21.0. The summed E-state index contributed by atoms with van der Waals surface area (Å²) >= 11 is 0. The molecule has 0 aromatic heterocycles. The fourth-order valence-electron chi connectivity index (χ4n) is 4.33. The zero-order valence-corrected chi connectivity index (χ0v) is 29.2. The van der Waals surface area contributed by atoms with Crippen molar-refractivity contribution in [2.24, 2.45) is 0 Å². The number of aromatic hydroxyl groups is 2. The molecule has 0 radical (unpaired) electrons. The molecular weight excluding hydrogens is 609 g/mol. The molecule has 0 aliphatic heterocycles. The molecule has 0 saturated carbocycles. The molecular formula is C30H50NiO8P2. The molecule has 11 heteroatoms. The summed E-state index contributed by atoms with van der Waals surface area (Å²) in [5.41, 5.74) is 2.80. The second-order valence-electron chi connectivity index (χ2n) is 14.7. The van der Waals surface area contributed by atoms with Crippen molar-refractivity contribution >= 4 is 15.2 Å². The summed E-state index contributed by atoms with van der Waals surface area (Å²) in [7, 11) is -8.26. The fourth-order valence-corrected chi connectivity index (χ4v) is 5.65. The van der Waals surface area contributed by atoms with E-state index in [1.807, 2.05) is 83.1 Å². The topological polar surface area (TPSA) is 156 Å². The molecule has 2 aromatic carbocycles. The smallest absolute Gasteiger partial charge is 0.329 e. The monoisotopic (exact) mass is 658 g/mol. The zero-order valence-electron chi connectivity index (χ0n) is 26.4. The van der Waals surface area contributed by atoms with E-state index in [0.29, 0.717) is 33.4 Å². The average molecular weight is 659 g/mol. The molecule has 2 rings (SSSR count). The Bertz CT molecular complexity index is 1130. The number of hydrogen-bond acceptors (Lipinski definition) is 4. The van der Waals surface area contributed by atoms with E-state index < -0.39 is 15.2 Å². The Morgan fingerprint density at radius 2 is 0.659 bits per heavy atom. The Morgan fingerprint density at radius 3 is 0.780 bits per heavy atom. The number of benzene rings is 2. The molecule has 0 fully saturated rings. The normalized spacial score (nSPS) is 13.3. The third-order valence-corrected chi connectivity index (χ3v) is 7.90. The molecule has 6 N–H and O–H groups in total. The average Bonchev–Trinajstić information content (AvgIpc) is 2.65. The predicted octanol–water partition coefficient (Wildman–Crippen LogP) is 7.33. The first-order valence-electron chi connectivity index (χ1n) is 13.3. The molecule has 0 unspecified atom stereocenters. The standard InChI is InChI=1S/2C15H25O4P.Ni/c2*1-14(2,3)11-7-10(9-20(17,18)19)8-12(13(11)16)15(4,5)6;/h2*7-8,16H,9H2,1-6H3,(H2,17,18,19);. The van der Waals surface area contributed by atoms with Crippen LogP contribution in [0.5, 0.6) is 11.5 Å². The van der Waals surface area contributed by atoms with Crippen LogP contribution < -0.4 is 0 Å². The van der Waals surface area contributed by atoms with E-state index in [9.17, 15) is 38.9 Å². The third kappa shape index (κ3) is 12.5. The van der Waals surface area contributed by atoms with Crippen LogP contribution in [-0.2, 0) is 59.6 Å². The van der Waals surface area contributed by atoms with Crippen LogP contribution in [0.2, 0.25) is 0 Å². The van der Waals surface area contributed by atoms with Gasteiger partial charge in [0.05, 0.1) is 12.3 Å². The molecule has 0 heterocycles. The maximum Gasteiger partial charge on any atom is 0.329 e. The van der Waals surface area contributed by atoms with Crippen molar-refractivity contribution in [2.45, 2.75) is 117 Å². The van der Waals surface area contributed by atoms with Gasteiger partial charge in [-0.05, 0) is 55.0 Å². The van der Waals surface area contributed by atoms with Gasteiger partial charge in [-0.2, -0.15) is 0 Å². The minimum atomic E-state index is -4.13. The van der Waals surface area contributed by atoms with Gasteiger partial charge >= 0.3 is 15.2 Å². The van der Waals surface area contributed by atoms with Crippen molar-refractivity contribution in [3.8, 4) is 11.5 Å². The fraction of sp³-hybridized carbons (Fsp3) is 0.600. The molecule has 0 saturated heterocycles. The van der Waals surface area contributed by atoms with E-state index in [1.54, 1.807) is 24.3 Å². The van der Waals surface area contributed by atoms with Gasteiger partial charge < -0.3 is 29.8 Å². The summed E-state index contributed by atoms with van der Waals surface area (Å²) in [6.45, 7) is 23.6. The van der Waals surface area contributed by atoms with E-state index in [1.165, 1.54) is 0 Å². The molecule has 0 spiro atoms. The molecule has 0 amide bonds. The summed E-state index contributed by atoms with van der Waals surface area (Å²) in [6.07, 6.45) is -0.612. The van der Waals surface area contributed by atoms with Crippen molar-refractivity contribution in [1.29, 1.82) is 0 Å². The van der Waals surface area contributed by atoms with Crippen LogP contribution in [0, 0.1) is 0 Å². The van der Waals surface area contributed by atoms with Gasteiger partial charge in [0.25, 0.3) is 0 Å². The molecule has 8 nitrogen and oxygen atoms in total. The van der Waals surface area contributed by atoms with Crippen molar-refractivity contribution < 1.29 is 55.4 Å². The molecule has 0 aliphatic rings. The maximum absolute atomic E-state index is 11.2. The second-order valence-corrected chi connectivity index (χ2v) is 18.0. The minimum absolute atomic E-state index is 0. The van der Waals surface area contributed by atoms with Crippen LogP contribution >= 0.6 is 15.2 Å². The number of hydrogen-bond donors (Lipinski definition) is 6. The van der Waals surface area contributed by atoms with Gasteiger partial charge in [0.1, 0.15) is 11.5 Å². The molecule has 0 atom stereocenters.